The first kappa shape index (κ1) is 21.4. The highest BCUT2D eigenvalue weighted by Gasteiger charge is 2.54. The van der Waals surface area contributed by atoms with Crippen LogP contribution in [-0.4, -0.2) is 34.3 Å². The summed E-state index contributed by atoms with van der Waals surface area (Å²) in [5, 5.41) is 2.80. The van der Waals surface area contributed by atoms with Crippen LogP contribution in [0.25, 0.3) is 0 Å². The molecule has 3 atom stereocenters. The van der Waals surface area contributed by atoms with Crippen molar-refractivity contribution in [2.24, 2.45) is 0 Å². The Morgan fingerprint density at radius 1 is 1.10 bits per heavy atom. The molecule has 1 aliphatic carbocycles. The molecule has 0 unspecified atom stereocenters. The number of nitrogens with zero attached hydrogens (tertiary/aromatic N) is 1. The minimum absolute atomic E-state index is 0.102. The van der Waals surface area contributed by atoms with Crippen LogP contribution >= 0.6 is 0 Å². The number of alkyl carbamates (subject to hydrolysis) is 1. The molecule has 0 aromatic heterocycles. The van der Waals surface area contributed by atoms with E-state index < -0.39 is 23.5 Å². The van der Waals surface area contributed by atoms with Gasteiger partial charge in [-0.25, -0.2) is 4.79 Å². The number of ether oxygens (including phenoxy) is 2. The lowest BCUT2D eigenvalue weighted by Crippen LogP contribution is -2.50. The third-order valence-corrected chi connectivity index (χ3v) is 5.72. The highest BCUT2D eigenvalue weighted by atomic mass is 16.6. The monoisotopic (exact) mass is 422 g/mol. The van der Waals surface area contributed by atoms with Crippen LogP contribution in [0.3, 0.4) is 0 Å². The van der Waals surface area contributed by atoms with E-state index in [2.05, 4.69) is 17.4 Å². The van der Waals surface area contributed by atoms with Crippen LogP contribution in [0.4, 0.5) is 4.79 Å². The van der Waals surface area contributed by atoms with Gasteiger partial charge in [-0.1, -0.05) is 54.6 Å². The van der Waals surface area contributed by atoms with Crippen LogP contribution in [0.5, 0.6) is 0 Å². The van der Waals surface area contributed by atoms with E-state index in [-0.39, 0.29) is 18.1 Å². The molecule has 2 aromatic rings. The van der Waals surface area contributed by atoms with Crippen LogP contribution in [0.1, 0.15) is 63.4 Å². The number of rotatable bonds is 3. The van der Waals surface area contributed by atoms with E-state index in [1.54, 1.807) is 25.7 Å². The lowest BCUT2D eigenvalue weighted by atomic mass is 10.0. The number of nitrogens with one attached hydrogen (secondary N) is 1. The lowest BCUT2D eigenvalue weighted by molar-refractivity contribution is -0.150. The maximum Gasteiger partial charge on any atom is 0.408 e. The Balaban J connectivity index is 1.69. The van der Waals surface area contributed by atoms with E-state index in [0.29, 0.717) is 5.56 Å². The van der Waals surface area contributed by atoms with Gasteiger partial charge in [0.15, 0.2) is 0 Å². The van der Waals surface area contributed by atoms with Crippen LogP contribution < -0.4 is 5.32 Å². The van der Waals surface area contributed by atoms with Gasteiger partial charge < -0.3 is 19.7 Å². The van der Waals surface area contributed by atoms with E-state index in [1.165, 1.54) is 5.56 Å². The van der Waals surface area contributed by atoms with E-state index in [1.807, 2.05) is 56.3 Å². The fraction of sp³-hybridized carbons (Fsp3) is 0.440. The number of amides is 2. The van der Waals surface area contributed by atoms with Gasteiger partial charge in [-0.15, -0.1) is 0 Å². The Bertz CT molecular complexity index is 981. The number of benzene rings is 2. The zero-order valence-corrected chi connectivity index (χ0v) is 18.7. The summed E-state index contributed by atoms with van der Waals surface area (Å²) in [6.45, 7) is 9.19. The van der Waals surface area contributed by atoms with E-state index in [9.17, 15) is 9.59 Å². The number of hydrogen-bond donors (Lipinski definition) is 1. The normalized spacial score (nSPS) is 22.4. The van der Waals surface area contributed by atoms with Crippen LogP contribution in [-0.2, 0) is 20.7 Å². The largest absolute Gasteiger partial charge is 0.444 e. The topological polar surface area (TPSA) is 67.9 Å². The molecular formula is C25H30N2O4. The van der Waals surface area contributed by atoms with Crippen molar-refractivity contribution in [3.05, 3.63) is 71.3 Å². The smallest absolute Gasteiger partial charge is 0.408 e. The molecule has 164 valence electrons. The second-order valence-electron chi connectivity index (χ2n) is 9.65. The minimum atomic E-state index is -0.884. The Morgan fingerprint density at radius 3 is 2.42 bits per heavy atom. The van der Waals surface area contributed by atoms with E-state index >= 15 is 0 Å². The summed E-state index contributed by atoms with van der Waals surface area (Å²) in [6, 6.07) is 16.3. The molecule has 2 aliphatic rings. The SMILES string of the molecule is CC(C)(C)OC(=O)N[C@H](C(=O)N1[C@H]2c3ccccc3C[C@H]2OC1(C)C)c1ccccc1. The summed E-state index contributed by atoms with van der Waals surface area (Å²) in [4.78, 5) is 28.4. The maximum absolute atomic E-state index is 14.0. The lowest BCUT2D eigenvalue weighted by Gasteiger charge is -2.36. The van der Waals surface area contributed by atoms with Crippen molar-refractivity contribution in [3.63, 3.8) is 0 Å². The fourth-order valence-electron chi connectivity index (χ4n) is 4.61. The highest BCUT2D eigenvalue weighted by molar-refractivity contribution is 5.88. The molecule has 31 heavy (non-hydrogen) atoms. The van der Waals surface area contributed by atoms with Crippen LogP contribution in [0.15, 0.2) is 54.6 Å². The standard InChI is InChI=1S/C25H30N2O4/c1-24(2,3)31-23(29)26-20(16-11-7-6-8-12-16)22(28)27-21-18-14-10-9-13-17(18)15-19(21)30-25(27,4)5/h6-14,19-21H,15H2,1-5H3,(H,26,29)/t19-,20+,21+/m1/s1. The Hall–Kier alpha value is -2.86. The molecule has 0 bridgehead atoms. The quantitative estimate of drug-likeness (QED) is 0.790. The van der Waals surface area contributed by atoms with Gasteiger partial charge >= 0.3 is 6.09 Å². The van der Waals surface area contributed by atoms with Crippen LogP contribution in [0, 0.1) is 0 Å². The van der Waals surface area contributed by atoms with E-state index in [4.69, 9.17) is 9.47 Å². The highest BCUT2D eigenvalue weighted by Crippen LogP contribution is 2.49. The van der Waals surface area contributed by atoms with Gasteiger partial charge in [0.2, 0.25) is 0 Å². The first-order valence-corrected chi connectivity index (χ1v) is 10.7. The molecule has 1 N–H and O–H groups in total. The minimum Gasteiger partial charge on any atom is -0.444 e. The van der Waals surface area contributed by atoms with Crippen molar-refractivity contribution in [2.45, 2.75) is 70.6 Å². The molecule has 1 aliphatic heterocycles. The second-order valence-corrected chi connectivity index (χ2v) is 9.65. The zero-order chi connectivity index (χ0) is 22.4. The summed E-state index contributed by atoms with van der Waals surface area (Å²) in [7, 11) is 0. The predicted molar refractivity (Wildman–Crippen MR) is 117 cm³/mol. The number of hydrogen-bond acceptors (Lipinski definition) is 4. The van der Waals surface area contributed by atoms with Crippen molar-refractivity contribution >= 4 is 12.0 Å². The average Bonchev–Trinajstić information content (AvgIpc) is 3.15. The Morgan fingerprint density at radius 2 is 1.74 bits per heavy atom. The van der Waals surface area contributed by atoms with Gasteiger partial charge in [0, 0.05) is 6.42 Å². The molecule has 1 heterocycles. The van der Waals surface area contributed by atoms with Gasteiger partial charge in [-0.3, -0.25) is 4.79 Å². The molecule has 0 radical (unpaired) electrons. The molecule has 1 fully saturated rings. The number of carbonyl (C=O) groups is 2. The number of fused-ring (bicyclic) bond motifs is 3. The third kappa shape index (κ3) is 4.17. The van der Waals surface area contributed by atoms with Gasteiger partial charge in [0.1, 0.15) is 17.4 Å². The molecule has 0 saturated carbocycles. The van der Waals surface area contributed by atoms with Gasteiger partial charge in [-0.2, -0.15) is 0 Å². The van der Waals surface area contributed by atoms with Crippen molar-refractivity contribution in [3.8, 4) is 0 Å². The molecule has 2 aromatic carbocycles. The first-order chi connectivity index (χ1) is 14.6. The van der Waals surface area contributed by atoms with Gasteiger partial charge in [0.05, 0.1) is 12.1 Å². The fourth-order valence-corrected chi connectivity index (χ4v) is 4.61. The summed E-state index contributed by atoms with van der Waals surface area (Å²) in [6.07, 6.45) is 0.0362. The third-order valence-electron chi connectivity index (χ3n) is 5.72. The summed E-state index contributed by atoms with van der Waals surface area (Å²) >= 11 is 0. The van der Waals surface area contributed by atoms with Crippen molar-refractivity contribution in [1.82, 2.24) is 10.2 Å². The van der Waals surface area contributed by atoms with Crippen molar-refractivity contribution in [1.29, 1.82) is 0 Å². The Labute approximate surface area is 183 Å². The molecular weight excluding hydrogens is 392 g/mol. The zero-order valence-electron chi connectivity index (χ0n) is 18.7. The Kier molecular flexibility index (Phi) is 5.30. The molecule has 2 amide bonds. The molecule has 0 spiro atoms. The molecule has 4 rings (SSSR count). The van der Waals surface area contributed by atoms with Gasteiger partial charge in [0.25, 0.3) is 5.91 Å². The van der Waals surface area contributed by atoms with Crippen molar-refractivity contribution in [2.75, 3.05) is 0 Å². The second kappa shape index (κ2) is 7.68. The molecule has 6 heteroatoms. The summed E-state index contributed by atoms with van der Waals surface area (Å²) in [5.74, 6) is -0.216. The summed E-state index contributed by atoms with van der Waals surface area (Å²) in [5.41, 5.74) is 1.53. The predicted octanol–water partition coefficient (Wildman–Crippen LogP) is 4.51. The maximum atomic E-state index is 14.0. The van der Waals surface area contributed by atoms with Gasteiger partial charge in [-0.05, 0) is 51.3 Å². The van der Waals surface area contributed by atoms with Crippen molar-refractivity contribution < 1.29 is 19.1 Å². The first-order valence-electron chi connectivity index (χ1n) is 10.7. The molecule has 1 saturated heterocycles. The molecule has 6 nitrogen and oxygen atoms in total. The summed E-state index contributed by atoms with van der Waals surface area (Å²) < 4.78 is 11.8. The average molecular weight is 423 g/mol. The van der Waals surface area contributed by atoms with E-state index in [0.717, 1.165) is 12.0 Å². The van der Waals surface area contributed by atoms with Crippen LogP contribution in [0.2, 0.25) is 0 Å². The number of carbonyl (C=O) groups excluding carboxylic acids is 2.